The van der Waals surface area contributed by atoms with Crippen LogP contribution in [-0.4, -0.2) is 39.2 Å². The minimum Gasteiger partial charge on any atom is -0.462 e. The van der Waals surface area contributed by atoms with Gasteiger partial charge in [0.15, 0.2) is 0 Å². The number of sulfonamides is 1. The summed E-state index contributed by atoms with van der Waals surface area (Å²) in [5.74, 6) is -1.17. The van der Waals surface area contributed by atoms with E-state index < -0.39 is 27.9 Å². The number of halogens is 1. The van der Waals surface area contributed by atoms with Crippen LogP contribution in [-0.2, 0) is 19.6 Å². The fraction of sp³-hybridized carbons (Fsp3) is 0.333. The Bertz CT molecular complexity index is 1070. The molecular weight excluding hydrogens is 428 g/mol. The second-order valence-corrected chi connectivity index (χ2v) is 9.17. The van der Waals surface area contributed by atoms with Crippen molar-refractivity contribution in [2.75, 3.05) is 22.5 Å². The largest absolute Gasteiger partial charge is 0.462 e. The van der Waals surface area contributed by atoms with Crippen molar-refractivity contribution in [3.8, 4) is 0 Å². The molecule has 2 rings (SSSR count). The first kappa shape index (κ1) is 23.7. The third-order valence-electron chi connectivity index (χ3n) is 4.56. The molecule has 0 unspecified atom stereocenters. The maximum atomic E-state index is 12.9. The number of rotatable bonds is 7. The quantitative estimate of drug-likeness (QED) is 0.642. The highest BCUT2D eigenvalue weighted by Crippen LogP contribution is 2.25. The Morgan fingerprint density at radius 1 is 1.13 bits per heavy atom. The van der Waals surface area contributed by atoms with Gasteiger partial charge in [-0.25, -0.2) is 13.2 Å². The van der Waals surface area contributed by atoms with E-state index in [9.17, 15) is 18.0 Å². The second-order valence-electron chi connectivity index (χ2n) is 6.91. The van der Waals surface area contributed by atoms with Gasteiger partial charge in [0.25, 0.3) is 0 Å². The van der Waals surface area contributed by atoms with Gasteiger partial charge in [0.1, 0.15) is 6.04 Å². The smallest absolute Gasteiger partial charge is 0.339 e. The lowest BCUT2D eigenvalue weighted by Crippen LogP contribution is -2.45. The number of carbonyl (C=O) groups excluding carboxylic acids is 2. The minimum atomic E-state index is -3.74. The lowest BCUT2D eigenvalue weighted by Gasteiger charge is -2.28. The Balaban J connectivity index is 2.33. The number of anilines is 2. The molecule has 0 saturated carbocycles. The summed E-state index contributed by atoms with van der Waals surface area (Å²) in [6.07, 6.45) is 1.05. The molecule has 30 heavy (non-hydrogen) atoms. The van der Waals surface area contributed by atoms with E-state index in [1.807, 2.05) is 13.8 Å². The van der Waals surface area contributed by atoms with Crippen molar-refractivity contribution >= 4 is 44.9 Å². The molecule has 9 heteroatoms. The van der Waals surface area contributed by atoms with E-state index in [1.54, 1.807) is 25.1 Å². The molecule has 0 aliphatic carbocycles. The summed E-state index contributed by atoms with van der Waals surface area (Å²) in [7, 11) is -3.74. The Morgan fingerprint density at radius 2 is 1.80 bits per heavy atom. The molecule has 0 bridgehead atoms. The number of nitrogens with one attached hydrogen (secondary N) is 1. The van der Waals surface area contributed by atoms with Gasteiger partial charge in [0, 0.05) is 5.69 Å². The predicted octanol–water partition coefficient (Wildman–Crippen LogP) is 3.93. The summed E-state index contributed by atoms with van der Waals surface area (Å²) in [4.78, 5) is 24.9. The molecular formula is C21H25ClN2O5S. The Kier molecular flexibility index (Phi) is 7.49. The molecule has 0 fully saturated rings. The standard InChI is InChI=1S/C21H25ClN2O5S/c1-6-29-21(26)18-12-16(8-10-19(18)22)23-20(25)15(4)24(30(5,27)28)17-9-7-13(2)14(3)11-17/h7-12,15H,6H2,1-5H3,(H,23,25)/t15-/m0/s1. The number of aryl methyl sites for hydroxylation is 2. The molecule has 1 N–H and O–H groups in total. The van der Waals surface area contributed by atoms with E-state index in [4.69, 9.17) is 16.3 Å². The Morgan fingerprint density at radius 3 is 2.37 bits per heavy atom. The zero-order chi connectivity index (χ0) is 22.6. The molecule has 1 atom stereocenters. The van der Waals surface area contributed by atoms with E-state index in [2.05, 4.69) is 5.32 Å². The van der Waals surface area contributed by atoms with E-state index in [-0.39, 0.29) is 17.2 Å². The molecule has 7 nitrogen and oxygen atoms in total. The molecule has 2 aromatic carbocycles. The maximum absolute atomic E-state index is 12.9. The number of esters is 1. The molecule has 0 aromatic heterocycles. The fourth-order valence-corrected chi connectivity index (χ4v) is 4.25. The van der Waals surface area contributed by atoms with Crippen molar-refractivity contribution in [2.24, 2.45) is 0 Å². The van der Waals surface area contributed by atoms with Gasteiger partial charge in [-0.15, -0.1) is 0 Å². The van der Waals surface area contributed by atoms with Crippen LogP contribution in [0.15, 0.2) is 36.4 Å². The average Bonchev–Trinajstić information content (AvgIpc) is 2.65. The minimum absolute atomic E-state index is 0.109. The lowest BCUT2D eigenvalue weighted by molar-refractivity contribution is -0.116. The monoisotopic (exact) mass is 452 g/mol. The highest BCUT2D eigenvalue weighted by Gasteiger charge is 2.29. The second kappa shape index (κ2) is 9.49. The van der Waals surface area contributed by atoms with Gasteiger partial charge in [-0.1, -0.05) is 17.7 Å². The van der Waals surface area contributed by atoms with Crippen LogP contribution in [0.4, 0.5) is 11.4 Å². The molecule has 162 valence electrons. The predicted molar refractivity (Wildman–Crippen MR) is 119 cm³/mol. The summed E-state index contributed by atoms with van der Waals surface area (Å²) < 4.78 is 30.9. The van der Waals surface area contributed by atoms with Crippen molar-refractivity contribution < 1.29 is 22.7 Å². The van der Waals surface area contributed by atoms with Gasteiger partial charge in [-0.05, 0) is 69.2 Å². The number of amides is 1. The van der Waals surface area contributed by atoms with Gasteiger partial charge in [0.05, 0.1) is 29.1 Å². The van der Waals surface area contributed by atoms with Crippen LogP contribution >= 0.6 is 11.6 Å². The molecule has 2 aromatic rings. The first-order valence-electron chi connectivity index (χ1n) is 9.30. The van der Waals surface area contributed by atoms with Gasteiger partial charge < -0.3 is 10.1 Å². The molecule has 1 amide bonds. The van der Waals surface area contributed by atoms with E-state index in [0.717, 1.165) is 21.7 Å². The number of nitrogens with zero attached hydrogens (tertiary/aromatic N) is 1. The zero-order valence-corrected chi connectivity index (χ0v) is 19.1. The van der Waals surface area contributed by atoms with Crippen LogP contribution in [0.2, 0.25) is 5.02 Å². The number of benzene rings is 2. The highest BCUT2D eigenvalue weighted by atomic mass is 35.5. The number of hydrogen-bond donors (Lipinski definition) is 1. The highest BCUT2D eigenvalue weighted by molar-refractivity contribution is 7.92. The number of ether oxygens (including phenoxy) is 1. The molecule has 0 saturated heterocycles. The van der Waals surface area contributed by atoms with Crippen LogP contribution in [0.25, 0.3) is 0 Å². The van der Waals surface area contributed by atoms with E-state index in [0.29, 0.717) is 11.4 Å². The van der Waals surface area contributed by atoms with Crippen molar-refractivity contribution in [1.82, 2.24) is 0 Å². The Labute approximate surface area is 182 Å². The third kappa shape index (κ3) is 5.52. The number of carbonyl (C=O) groups is 2. The van der Waals surface area contributed by atoms with Gasteiger partial charge in [-0.3, -0.25) is 9.10 Å². The third-order valence-corrected chi connectivity index (χ3v) is 6.13. The topological polar surface area (TPSA) is 92.8 Å². The van der Waals surface area contributed by atoms with Crippen molar-refractivity contribution in [3.63, 3.8) is 0 Å². The molecule has 0 spiro atoms. The van der Waals surface area contributed by atoms with Gasteiger partial charge in [-0.2, -0.15) is 0 Å². The fourth-order valence-electron chi connectivity index (χ4n) is 2.89. The zero-order valence-electron chi connectivity index (χ0n) is 17.5. The molecule has 0 radical (unpaired) electrons. The average molecular weight is 453 g/mol. The van der Waals surface area contributed by atoms with Crippen LogP contribution in [0.3, 0.4) is 0 Å². The number of hydrogen-bond acceptors (Lipinski definition) is 5. The van der Waals surface area contributed by atoms with E-state index in [1.165, 1.54) is 25.1 Å². The lowest BCUT2D eigenvalue weighted by atomic mass is 10.1. The summed E-state index contributed by atoms with van der Waals surface area (Å²) in [6, 6.07) is 8.53. The van der Waals surface area contributed by atoms with Crippen molar-refractivity contribution in [1.29, 1.82) is 0 Å². The SMILES string of the molecule is CCOC(=O)c1cc(NC(=O)[C@H](C)N(c2ccc(C)c(C)c2)S(C)(=O)=O)ccc1Cl. The molecule has 0 aliphatic heterocycles. The molecule has 0 heterocycles. The van der Waals surface area contributed by atoms with Crippen LogP contribution < -0.4 is 9.62 Å². The summed E-state index contributed by atoms with van der Waals surface area (Å²) in [5, 5.41) is 2.83. The summed E-state index contributed by atoms with van der Waals surface area (Å²) in [5.41, 5.74) is 2.72. The normalized spacial score (nSPS) is 12.2. The summed E-state index contributed by atoms with van der Waals surface area (Å²) >= 11 is 6.04. The van der Waals surface area contributed by atoms with E-state index >= 15 is 0 Å². The van der Waals surface area contributed by atoms with Crippen LogP contribution in [0.1, 0.15) is 35.3 Å². The Hall–Kier alpha value is -2.58. The first-order valence-corrected chi connectivity index (χ1v) is 11.5. The first-order chi connectivity index (χ1) is 14.0. The van der Waals surface area contributed by atoms with Gasteiger partial charge in [0.2, 0.25) is 15.9 Å². The van der Waals surface area contributed by atoms with Crippen LogP contribution in [0, 0.1) is 13.8 Å². The summed E-state index contributed by atoms with van der Waals surface area (Å²) in [6.45, 7) is 7.14. The van der Waals surface area contributed by atoms with Gasteiger partial charge >= 0.3 is 5.97 Å². The van der Waals surface area contributed by atoms with Crippen molar-refractivity contribution in [2.45, 2.75) is 33.7 Å². The maximum Gasteiger partial charge on any atom is 0.339 e. The van der Waals surface area contributed by atoms with Crippen molar-refractivity contribution in [3.05, 3.63) is 58.1 Å². The molecule has 0 aliphatic rings. The van der Waals surface area contributed by atoms with Crippen LogP contribution in [0.5, 0.6) is 0 Å².